The van der Waals surface area contributed by atoms with Crippen LogP contribution in [0, 0.1) is 0 Å². The number of benzene rings is 1. The van der Waals surface area contributed by atoms with Gasteiger partial charge >= 0.3 is 6.18 Å². The molecule has 2 aromatic heterocycles. The number of methoxy groups -OCH3 is 2. The van der Waals surface area contributed by atoms with Gasteiger partial charge in [0.2, 0.25) is 5.91 Å². The van der Waals surface area contributed by atoms with Gasteiger partial charge in [0.1, 0.15) is 16.5 Å². The Morgan fingerprint density at radius 2 is 1.96 bits per heavy atom. The number of carbonyl (C=O) groups is 1. The SMILES string of the molecule is COc1ccc(OC)c(NC(=O)CSc2ccc3nnc(C(F)(F)F)n3n2)c1. The molecule has 0 aliphatic rings. The molecular formula is C16H14F3N5O3S. The van der Waals surface area contributed by atoms with Crippen LogP contribution >= 0.6 is 11.8 Å². The average Bonchev–Trinajstić information content (AvgIpc) is 3.10. The van der Waals surface area contributed by atoms with Crippen molar-refractivity contribution in [3.63, 3.8) is 0 Å². The van der Waals surface area contributed by atoms with Crippen LogP contribution in [0.4, 0.5) is 18.9 Å². The second-order valence-corrected chi connectivity index (χ2v) is 6.36. The molecule has 0 aliphatic carbocycles. The number of hydrogen-bond acceptors (Lipinski definition) is 7. The smallest absolute Gasteiger partial charge is 0.453 e. The number of nitrogens with one attached hydrogen (secondary N) is 1. The first-order valence-corrected chi connectivity index (χ1v) is 8.74. The predicted octanol–water partition coefficient (Wildman–Crippen LogP) is 2.89. The van der Waals surface area contributed by atoms with Crippen LogP contribution in [0.25, 0.3) is 5.65 Å². The summed E-state index contributed by atoms with van der Waals surface area (Å²) in [5.74, 6) is -0.725. The minimum atomic E-state index is -4.68. The van der Waals surface area contributed by atoms with E-state index in [2.05, 4.69) is 20.6 Å². The van der Waals surface area contributed by atoms with E-state index in [-0.39, 0.29) is 16.4 Å². The van der Waals surface area contributed by atoms with E-state index in [4.69, 9.17) is 9.47 Å². The maximum absolute atomic E-state index is 12.9. The van der Waals surface area contributed by atoms with Gasteiger partial charge in [-0.05, 0) is 24.3 Å². The second-order valence-electron chi connectivity index (χ2n) is 5.37. The predicted molar refractivity (Wildman–Crippen MR) is 94.7 cm³/mol. The van der Waals surface area contributed by atoms with Gasteiger partial charge in [-0.15, -0.1) is 10.2 Å². The third-order valence-electron chi connectivity index (χ3n) is 3.52. The second kappa shape index (κ2) is 7.92. The van der Waals surface area contributed by atoms with Crippen LogP contribution in [0.2, 0.25) is 0 Å². The van der Waals surface area contributed by atoms with Gasteiger partial charge in [0.15, 0.2) is 5.65 Å². The molecule has 1 amide bonds. The molecule has 28 heavy (non-hydrogen) atoms. The first kappa shape index (κ1) is 19.7. The minimum Gasteiger partial charge on any atom is -0.497 e. The molecule has 0 spiro atoms. The van der Waals surface area contributed by atoms with Crippen LogP contribution in [-0.4, -0.2) is 45.7 Å². The molecule has 0 saturated heterocycles. The van der Waals surface area contributed by atoms with Crippen molar-refractivity contribution < 1.29 is 27.4 Å². The normalized spacial score (nSPS) is 11.5. The molecule has 0 unspecified atom stereocenters. The largest absolute Gasteiger partial charge is 0.497 e. The molecule has 8 nitrogen and oxygen atoms in total. The van der Waals surface area contributed by atoms with Crippen molar-refractivity contribution in [3.05, 3.63) is 36.2 Å². The zero-order valence-electron chi connectivity index (χ0n) is 14.6. The summed E-state index contributed by atoms with van der Waals surface area (Å²) in [6, 6.07) is 7.73. The van der Waals surface area contributed by atoms with E-state index in [9.17, 15) is 18.0 Å². The number of ether oxygens (including phenoxy) is 2. The highest BCUT2D eigenvalue weighted by Crippen LogP contribution is 2.30. The van der Waals surface area contributed by atoms with Crippen LogP contribution in [-0.2, 0) is 11.0 Å². The Labute approximate surface area is 161 Å². The molecule has 0 radical (unpaired) electrons. The molecular weight excluding hydrogens is 399 g/mol. The Morgan fingerprint density at radius 3 is 2.64 bits per heavy atom. The highest BCUT2D eigenvalue weighted by atomic mass is 32.2. The lowest BCUT2D eigenvalue weighted by Crippen LogP contribution is -2.15. The van der Waals surface area contributed by atoms with E-state index in [1.54, 1.807) is 18.2 Å². The maximum atomic E-state index is 12.9. The summed E-state index contributed by atoms with van der Waals surface area (Å²) in [6.45, 7) is 0. The van der Waals surface area contributed by atoms with Crippen LogP contribution in [0.15, 0.2) is 35.4 Å². The van der Waals surface area contributed by atoms with Crippen LogP contribution in [0.1, 0.15) is 5.82 Å². The summed E-state index contributed by atoms with van der Waals surface area (Å²) in [4.78, 5) is 12.2. The van der Waals surface area contributed by atoms with E-state index >= 15 is 0 Å². The highest BCUT2D eigenvalue weighted by Gasteiger charge is 2.37. The Morgan fingerprint density at radius 1 is 1.18 bits per heavy atom. The van der Waals surface area contributed by atoms with Gasteiger partial charge in [-0.3, -0.25) is 4.79 Å². The van der Waals surface area contributed by atoms with Crippen LogP contribution < -0.4 is 14.8 Å². The number of thioether (sulfide) groups is 1. The molecule has 0 saturated carbocycles. The summed E-state index contributed by atoms with van der Waals surface area (Å²) in [6.07, 6.45) is -4.68. The standard InChI is InChI=1S/C16H14F3N5O3S/c1-26-9-3-4-11(27-2)10(7-9)20-13(25)8-28-14-6-5-12-21-22-15(16(17,18)19)24(12)23-14/h3-7H,8H2,1-2H3,(H,20,25). The molecule has 0 atom stereocenters. The fourth-order valence-corrected chi connectivity index (χ4v) is 2.92. The summed E-state index contributed by atoms with van der Waals surface area (Å²) < 4.78 is 49.6. The van der Waals surface area contributed by atoms with Gasteiger partial charge < -0.3 is 14.8 Å². The minimum absolute atomic E-state index is 0.0396. The van der Waals surface area contributed by atoms with Crippen molar-refractivity contribution >= 4 is 29.0 Å². The fourth-order valence-electron chi connectivity index (χ4n) is 2.26. The van der Waals surface area contributed by atoms with E-state index in [1.165, 1.54) is 26.4 Å². The Bertz CT molecular complexity index is 1010. The highest BCUT2D eigenvalue weighted by molar-refractivity contribution is 7.99. The van der Waals surface area contributed by atoms with E-state index in [0.717, 1.165) is 11.8 Å². The molecule has 1 aromatic carbocycles. The number of alkyl halides is 3. The van der Waals surface area contributed by atoms with Gasteiger partial charge in [0.25, 0.3) is 5.82 Å². The summed E-state index contributed by atoms with van der Waals surface area (Å²) in [5, 5.41) is 13.3. The van der Waals surface area contributed by atoms with Crippen molar-refractivity contribution in [2.45, 2.75) is 11.2 Å². The van der Waals surface area contributed by atoms with Crippen LogP contribution in [0.5, 0.6) is 11.5 Å². The molecule has 0 bridgehead atoms. The molecule has 3 aromatic rings. The van der Waals surface area contributed by atoms with E-state index in [1.807, 2.05) is 0 Å². The molecule has 2 heterocycles. The average molecular weight is 413 g/mol. The zero-order chi connectivity index (χ0) is 20.3. The van der Waals surface area contributed by atoms with Gasteiger partial charge in [0.05, 0.1) is 25.7 Å². The van der Waals surface area contributed by atoms with Crippen molar-refractivity contribution in [1.82, 2.24) is 19.8 Å². The third-order valence-corrected chi connectivity index (χ3v) is 4.44. The van der Waals surface area contributed by atoms with Crippen molar-refractivity contribution in [2.75, 3.05) is 25.3 Å². The Balaban J connectivity index is 1.71. The molecule has 12 heteroatoms. The number of nitrogens with zero attached hydrogens (tertiary/aromatic N) is 4. The maximum Gasteiger partial charge on any atom is 0.453 e. The number of rotatable bonds is 6. The third kappa shape index (κ3) is 4.27. The van der Waals surface area contributed by atoms with Gasteiger partial charge in [-0.1, -0.05) is 11.8 Å². The van der Waals surface area contributed by atoms with Gasteiger partial charge in [0, 0.05) is 6.07 Å². The summed E-state index contributed by atoms with van der Waals surface area (Å²) in [7, 11) is 2.95. The number of aromatic nitrogens is 4. The number of anilines is 1. The van der Waals surface area contributed by atoms with Crippen LogP contribution in [0.3, 0.4) is 0 Å². The molecule has 1 N–H and O–H groups in total. The number of amides is 1. The lowest BCUT2D eigenvalue weighted by Gasteiger charge is -2.11. The lowest BCUT2D eigenvalue weighted by molar-refractivity contribution is -0.146. The molecule has 3 rings (SSSR count). The molecule has 0 fully saturated rings. The van der Waals surface area contributed by atoms with E-state index in [0.29, 0.717) is 21.7 Å². The Kier molecular flexibility index (Phi) is 5.58. The van der Waals surface area contributed by atoms with Gasteiger partial charge in [-0.2, -0.15) is 22.8 Å². The lowest BCUT2D eigenvalue weighted by atomic mass is 10.2. The topological polar surface area (TPSA) is 90.6 Å². The van der Waals surface area contributed by atoms with Crippen molar-refractivity contribution in [1.29, 1.82) is 0 Å². The first-order valence-electron chi connectivity index (χ1n) is 7.76. The monoisotopic (exact) mass is 413 g/mol. The number of carbonyl (C=O) groups excluding carboxylic acids is 1. The number of halogens is 3. The van der Waals surface area contributed by atoms with Gasteiger partial charge in [-0.25, -0.2) is 0 Å². The number of hydrogen-bond donors (Lipinski definition) is 1. The zero-order valence-corrected chi connectivity index (χ0v) is 15.5. The Hall–Kier alpha value is -3.02. The van der Waals surface area contributed by atoms with Crippen molar-refractivity contribution in [2.24, 2.45) is 0 Å². The molecule has 0 aliphatic heterocycles. The van der Waals surface area contributed by atoms with Crippen molar-refractivity contribution in [3.8, 4) is 11.5 Å². The summed E-state index contributed by atoms with van der Waals surface area (Å²) >= 11 is 0.970. The van der Waals surface area contributed by atoms with E-state index < -0.39 is 17.9 Å². The quantitative estimate of drug-likeness (QED) is 0.622. The summed E-state index contributed by atoms with van der Waals surface area (Å²) in [5.41, 5.74) is 0.372. The molecule has 148 valence electrons. The first-order chi connectivity index (χ1) is 13.3. The fraction of sp³-hybridized carbons (Fsp3) is 0.250. The number of fused-ring (bicyclic) bond motifs is 1.